The van der Waals surface area contributed by atoms with Crippen molar-refractivity contribution in [3.05, 3.63) is 0 Å². The van der Waals surface area contributed by atoms with E-state index in [2.05, 4.69) is 16.4 Å². The Morgan fingerprint density at radius 3 is 1.83 bits per heavy atom. The van der Waals surface area contributed by atoms with Crippen LogP contribution in [0.25, 0.3) is 0 Å². The molecule has 9 nitrogen and oxygen atoms in total. The van der Waals surface area contributed by atoms with Crippen LogP contribution in [-0.4, -0.2) is 49.3 Å². The molecule has 0 aromatic heterocycles. The number of unbranched alkanes of at least 4 members (excludes halogenated alkanes) is 10. The van der Waals surface area contributed by atoms with Gasteiger partial charge in [0.05, 0.1) is 6.42 Å². The Bertz CT molecular complexity index is 606. The maximum absolute atomic E-state index is 11.7. The van der Waals surface area contributed by atoms with Crippen LogP contribution in [0.5, 0.6) is 0 Å². The summed E-state index contributed by atoms with van der Waals surface area (Å²) in [6, 6.07) is 0. The molecule has 1 atom stereocenters. The molecule has 0 spiro atoms. The zero-order chi connectivity index (χ0) is 22.8. The summed E-state index contributed by atoms with van der Waals surface area (Å²) in [7, 11) is -4.89. The van der Waals surface area contributed by atoms with Crippen LogP contribution in [-0.2, 0) is 34.0 Å². The van der Waals surface area contributed by atoms with E-state index in [4.69, 9.17) is 10.3 Å². The molecule has 0 saturated carbocycles. The number of hydrogen-bond donors (Lipinski definition) is 2. The van der Waals surface area contributed by atoms with E-state index in [0.717, 1.165) is 19.3 Å². The molecule has 0 bridgehead atoms. The van der Waals surface area contributed by atoms with Crippen molar-refractivity contribution >= 4 is 28.0 Å². The highest BCUT2D eigenvalue weighted by atomic mass is 32.2. The molecular weight excluding hydrogens is 414 g/mol. The maximum atomic E-state index is 11.7. The van der Waals surface area contributed by atoms with Gasteiger partial charge in [-0.3, -0.25) is 18.9 Å². The zero-order valence-corrected chi connectivity index (χ0v) is 18.8. The van der Waals surface area contributed by atoms with Crippen molar-refractivity contribution < 1.29 is 36.8 Å². The molecule has 0 aliphatic carbocycles. The first kappa shape index (κ1) is 28.5. The third-order valence-corrected chi connectivity index (χ3v) is 5.63. The minimum absolute atomic E-state index is 0.0247. The summed E-state index contributed by atoms with van der Waals surface area (Å²) in [6.45, 7) is 1.88. The van der Waals surface area contributed by atoms with Gasteiger partial charge in [0.25, 0.3) is 10.1 Å². The first-order valence-corrected chi connectivity index (χ1v) is 12.3. The second kappa shape index (κ2) is 17.2. The van der Waals surface area contributed by atoms with E-state index < -0.39 is 39.7 Å². The van der Waals surface area contributed by atoms with E-state index >= 15 is 0 Å². The fourth-order valence-corrected chi connectivity index (χ4v) is 3.53. The molecule has 0 radical (unpaired) electrons. The Labute approximate surface area is 179 Å². The van der Waals surface area contributed by atoms with Crippen LogP contribution in [0, 0.1) is 0 Å². The van der Waals surface area contributed by atoms with Crippen LogP contribution in [0.3, 0.4) is 0 Å². The second-order valence-electron chi connectivity index (χ2n) is 7.30. The van der Waals surface area contributed by atoms with E-state index in [1.807, 2.05) is 0 Å². The molecule has 0 saturated heterocycles. The van der Waals surface area contributed by atoms with Crippen molar-refractivity contribution in [2.75, 3.05) is 13.2 Å². The van der Waals surface area contributed by atoms with Gasteiger partial charge in [0.2, 0.25) is 0 Å². The minimum atomic E-state index is -4.89. The summed E-state index contributed by atoms with van der Waals surface area (Å²) >= 11 is 0. The molecule has 0 rings (SSSR count). The van der Waals surface area contributed by atoms with Gasteiger partial charge in [-0.2, -0.15) is 8.42 Å². The number of hydrogen-bond acceptors (Lipinski definition) is 8. The van der Waals surface area contributed by atoms with E-state index in [-0.39, 0.29) is 19.6 Å². The molecule has 0 aliphatic heterocycles. The van der Waals surface area contributed by atoms with Crippen molar-refractivity contribution in [3.8, 4) is 0 Å². The molecule has 0 amide bonds. The molecule has 1 unspecified atom stereocenters. The van der Waals surface area contributed by atoms with Gasteiger partial charge in [0, 0.05) is 13.0 Å². The van der Waals surface area contributed by atoms with Gasteiger partial charge < -0.3 is 15.2 Å². The summed E-state index contributed by atoms with van der Waals surface area (Å²) in [5.74, 6) is -3.33. The highest BCUT2D eigenvalue weighted by Gasteiger charge is 2.36. The molecule has 0 heterocycles. The Morgan fingerprint density at radius 2 is 1.37 bits per heavy atom. The molecular formula is C20H37NO8S. The first-order valence-electron chi connectivity index (χ1n) is 10.8. The van der Waals surface area contributed by atoms with Crippen LogP contribution in [0.1, 0.15) is 90.4 Å². The van der Waals surface area contributed by atoms with Crippen molar-refractivity contribution in [2.24, 2.45) is 5.73 Å². The van der Waals surface area contributed by atoms with Gasteiger partial charge in [-0.1, -0.05) is 71.1 Å². The third-order valence-electron chi connectivity index (χ3n) is 4.55. The smallest absolute Gasteiger partial charge is 0.327 e. The zero-order valence-electron chi connectivity index (χ0n) is 18.0. The maximum Gasteiger partial charge on any atom is 0.327 e. The second-order valence-corrected chi connectivity index (χ2v) is 8.89. The summed E-state index contributed by atoms with van der Waals surface area (Å²) in [6.07, 6.45) is 11.3. The highest BCUT2D eigenvalue weighted by molar-refractivity contribution is 7.87. The number of carbonyl (C=O) groups is 3. The van der Waals surface area contributed by atoms with Gasteiger partial charge in [-0.25, -0.2) is 0 Å². The average Bonchev–Trinajstić information content (AvgIpc) is 2.67. The number of rotatable bonds is 18. The molecule has 0 aliphatic rings. The van der Waals surface area contributed by atoms with E-state index in [1.165, 1.54) is 44.9 Å². The van der Waals surface area contributed by atoms with E-state index in [9.17, 15) is 22.8 Å². The SMILES string of the molecule is CCCCCCCCCCCCCC(=O)OC(=O)CC(C(=O)OCCN)S(=O)(=O)O. The monoisotopic (exact) mass is 451 g/mol. The van der Waals surface area contributed by atoms with Gasteiger partial charge >= 0.3 is 17.9 Å². The molecule has 10 heteroatoms. The van der Waals surface area contributed by atoms with Crippen LogP contribution >= 0.6 is 0 Å². The van der Waals surface area contributed by atoms with Gasteiger partial charge in [-0.15, -0.1) is 0 Å². The van der Waals surface area contributed by atoms with Crippen molar-refractivity contribution in [2.45, 2.75) is 95.6 Å². The standard InChI is InChI=1S/C20H37NO8S/c1-2-3-4-5-6-7-8-9-10-11-12-13-18(22)29-19(23)16-17(30(25,26)27)20(24)28-15-14-21/h17H,2-16,21H2,1H3,(H,25,26,27). The summed E-state index contributed by atoms with van der Waals surface area (Å²) in [4.78, 5) is 35.1. The lowest BCUT2D eigenvalue weighted by atomic mass is 10.1. The Balaban J connectivity index is 3.99. The Hall–Kier alpha value is -1.52. The first-order chi connectivity index (χ1) is 14.2. The Morgan fingerprint density at radius 1 is 0.867 bits per heavy atom. The predicted octanol–water partition coefficient (Wildman–Crippen LogP) is 2.91. The fourth-order valence-electron chi connectivity index (χ4n) is 2.87. The number of ether oxygens (including phenoxy) is 2. The lowest BCUT2D eigenvalue weighted by Gasteiger charge is -2.12. The lowest BCUT2D eigenvalue weighted by molar-refractivity contribution is -0.161. The number of nitrogens with two attached hydrogens (primary N) is 1. The van der Waals surface area contributed by atoms with Crippen LogP contribution < -0.4 is 5.73 Å². The van der Waals surface area contributed by atoms with Crippen molar-refractivity contribution in [1.82, 2.24) is 0 Å². The molecule has 176 valence electrons. The Kier molecular flexibility index (Phi) is 16.3. The molecule has 0 aromatic rings. The average molecular weight is 452 g/mol. The third kappa shape index (κ3) is 15.3. The van der Waals surface area contributed by atoms with E-state index in [1.54, 1.807) is 0 Å². The number of carbonyl (C=O) groups excluding carboxylic acids is 3. The summed E-state index contributed by atoms with van der Waals surface area (Å²) < 4.78 is 40.7. The quantitative estimate of drug-likeness (QED) is 0.139. The largest absolute Gasteiger partial charge is 0.463 e. The fraction of sp³-hybridized carbons (Fsp3) is 0.850. The van der Waals surface area contributed by atoms with Crippen molar-refractivity contribution in [3.63, 3.8) is 0 Å². The lowest BCUT2D eigenvalue weighted by Crippen LogP contribution is -2.35. The highest BCUT2D eigenvalue weighted by Crippen LogP contribution is 2.13. The predicted molar refractivity (Wildman–Crippen MR) is 112 cm³/mol. The van der Waals surface area contributed by atoms with Gasteiger partial charge in [-0.05, 0) is 6.42 Å². The van der Waals surface area contributed by atoms with Gasteiger partial charge in [0.1, 0.15) is 6.61 Å². The summed E-state index contributed by atoms with van der Waals surface area (Å²) in [5.41, 5.74) is 5.14. The van der Waals surface area contributed by atoms with E-state index in [0.29, 0.717) is 6.42 Å². The number of esters is 3. The molecule has 3 N–H and O–H groups in total. The normalized spacial score (nSPS) is 12.4. The molecule has 30 heavy (non-hydrogen) atoms. The van der Waals surface area contributed by atoms with Crippen LogP contribution in [0.15, 0.2) is 0 Å². The molecule has 0 fully saturated rings. The van der Waals surface area contributed by atoms with Crippen LogP contribution in [0.2, 0.25) is 0 Å². The molecule has 0 aromatic carbocycles. The summed E-state index contributed by atoms with van der Waals surface area (Å²) in [5, 5.41) is -2.15. The van der Waals surface area contributed by atoms with Crippen molar-refractivity contribution in [1.29, 1.82) is 0 Å². The van der Waals surface area contributed by atoms with Crippen LogP contribution in [0.4, 0.5) is 0 Å². The van der Waals surface area contributed by atoms with Gasteiger partial charge in [0.15, 0.2) is 5.25 Å². The minimum Gasteiger partial charge on any atom is -0.463 e. The topological polar surface area (TPSA) is 150 Å².